The molecular weight excluding hydrogens is 408 g/mol. The third-order valence-electron chi connectivity index (χ3n) is 7.20. The third-order valence-corrected chi connectivity index (χ3v) is 7.20. The number of piperidine rings is 1. The largest absolute Gasteiger partial charge is 0.461 e. The summed E-state index contributed by atoms with van der Waals surface area (Å²) in [6.07, 6.45) is 6.03. The van der Waals surface area contributed by atoms with Crippen LogP contribution in [0, 0.1) is 12.8 Å². The highest BCUT2D eigenvalue weighted by atomic mass is 16.4. The molecule has 0 bridgehead atoms. The van der Waals surface area contributed by atoms with Gasteiger partial charge in [0.05, 0.1) is 0 Å². The van der Waals surface area contributed by atoms with Gasteiger partial charge in [0.2, 0.25) is 11.8 Å². The van der Waals surface area contributed by atoms with Gasteiger partial charge in [-0.1, -0.05) is 0 Å². The van der Waals surface area contributed by atoms with Crippen LogP contribution in [0.1, 0.15) is 54.6 Å². The number of furan rings is 1. The summed E-state index contributed by atoms with van der Waals surface area (Å²) in [4.78, 5) is 38.5. The molecule has 7 nitrogen and oxygen atoms in total. The van der Waals surface area contributed by atoms with E-state index in [1.54, 1.807) is 4.90 Å². The van der Waals surface area contributed by atoms with Crippen LogP contribution in [0.4, 0.5) is 0 Å². The minimum atomic E-state index is -0.397. The van der Waals surface area contributed by atoms with Crippen molar-refractivity contribution in [2.24, 2.45) is 11.7 Å². The molecule has 1 aliphatic heterocycles. The van der Waals surface area contributed by atoms with Gasteiger partial charge >= 0.3 is 5.63 Å². The predicted octanol–water partition coefficient (Wildman–Crippen LogP) is 3.38. The summed E-state index contributed by atoms with van der Waals surface area (Å²) in [7, 11) is 0. The highest BCUT2D eigenvalue weighted by molar-refractivity contribution is 5.97. The molecule has 7 heteroatoms. The van der Waals surface area contributed by atoms with E-state index in [4.69, 9.17) is 14.6 Å². The van der Waals surface area contributed by atoms with Crippen LogP contribution in [0.5, 0.6) is 0 Å². The Labute approximate surface area is 185 Å². The third kappa shape index (κ3) is 3.59. The number of fused-ring (bicyclic) bond motifs is 4. The first-order valence-electron chi connectivity index (χ1n) is 11.5. The lowest BCUT2D eigenvalue weighted by molar-refractivity contribution is -0.134. The van der Waals surface area contributed by atoms with E-state index in [-0.39, 0.29) is 24.2 Å². The number of benzene rings is 1. The highest BCUT2D eigenvalue weighted by Crippen LogP contribution is 2.35. The molecule has 1 saturated heterocycles. The van der Waals surface area contributed by atoms with Gasteiger partial charge in [-0.15, -0.1) is 0 Å². The van der Waals surface area contributed by atoms with Gasteiger partial charge in [0.15, 0.2) is 0 Å². The van der Waals surface area contributed by atoms with E-state index in [1.165, 1.54) is 5.56 Å². The van der Waals surface area contributed by atoms with E-state index in [9.17, 15) is 14.4 Å². The summed E-state index contributed by atoms with van der Waals surface area (Å²) >= 11 is 0. The molecule has 3 aromatic rings. The topological polar surface area (TPSA) is 107 Å². The van der Waals surface area contributed by atoms with E-state index in [1.807, 2.05) is 13.0 Å². The first-order valence-corrected chi connectivity index (χ1v) is 11.5. The fraction of sp³-hybridized carbons (Fsp3) is 0.480. The Morgan fingerprint density at radius 1 is 1.06 bits per heavy atom. The van der Waals surface area contributed by atoms with Gasteiger partial charge in [0.25, 0.3) is 0 Å². The quantitative estimate of drug-likeness (QED) is 0.631. The SMILES string of the molecule is Cc1c(CCC(=O)N2CCC(C(N)=O)CC2)c(=O)oc2cc3oc4c(c3cc12)CCCC4. The van der Waals surface area contributed by atoms with E-state index >= 15 is 0 Å². The maximum Gasteiger partial charge on any atom is 0.339 e. The molecule has 2 N–H and O–H groups in total. The standard InChI is InChI=1S/C25H28N2O5/c1-14-16(6-7-23(28)27-10-8-15(9-11-27)24(26)29)25(30)32-21-13-22-19(12-18(14)21)17-4-2-3-5-20(17)31-22/h12-13,15H,2-11H2,1H3,(H2,26,29). The Bertz CT molecular complexity index is 1280. The van der Waals surface area contributed by atoms with Crippen molar-refractivity contribution in [2.75, 3.05) is 13.1 Å². The second-order valence-electron chi connectivity index (χ2n) is 9.11. The number of carbonyl (C=O) groups excluding carboxylic acids is 2. The maximum absolute atomic E-state index is 12.7. The normalized spacial score (nSPS) is 17.1. The van der Waals surface area contributed by atoms with Crippen LogP contribution in [-0.4, -0.2) is 29.8 Å². The molecule has 3 heterocycles. The van der Waals surface area contributed by atoms with Crippen molar-refractivity contribution < 1.29 is 18.4 Å². The molecule has 1 aromatic carbocycles. The van der Waals surface area contributed by atoms with Crippen LogP contribution < -0.4 is 11.4 Å². The number of amides is 2. The zero-order chi connectivity index (χ0) is 22.4. The molecule has 5 rings (SSSR count). The maximum atomic E-state index is 12.7. The lowest BCUT2D eigenvalue weighted by Crippen LogP contribution is -2.41. The van der Waals surface area contributed by atoms with Crippen LogP contribution in [0.2, 0.25) is 0 Å². The van der Waals surface area contributed by atoms with E-state index in [0.717, 1.165) is 53.4 Å². The summed E-state index contributed by atoms with van der Waals surface area (Å²) in [6, 6.07) is 3.91. The average molecular weight is 437 g/mol. The summed E-state index contributed by atoms with van der Waals surface area (Å²) in [6.45, 7) is 2.98. The van der Waals surface area contributed by atoms with Crippen molar-refractivity contribution in [1.82, 2.24) is 4.90 Å². The molecule has 2 aromatic heterocycles. The lowest BCUT2D eigenvalue weighted by atomic mass is 9.94. The number of nitrogens with zero attached hydrogens (tertiary/aromatic N) is 1. The minimum Gasteiger partial charge on any atom is -0.461 e. The Hall–Kier alpha value is -3.09. The van der Waals surface area contributed by atoms with Gasteiger partial charge < -0.3 is 19.5 Å². The second kappa shape index (κ2) is 8.11. The van der Waals surface area contributed by atoms with Gasteiger partial charge in [-0.3, -0.25) is 9.59 Å². The number of rotatable bonds is 4. The number of likely N-dealkylation sites (tertiary alicyclic amines) is 1. The van der Waals surface area contributed by atoms with E-state index in [0.29, 0.717) is 43.5 Å². The van der Waals surface area contributed by atoms with Crippen LogP contribution in [0.3, 0.4) is 0 Å². The number of primary amides is 1. The van der Waals surface area contributed by atoms with Crippen molar-refractivity contribution in [1.29, 1.82) is 0 Å². The molecule has 0 saturated carbocycles. The lowest BCUT2D eigenvalue weighted by Gasteiger charge is -2.30. The van der Waals surface area contributed by atoms with Gasteiger partial charge in [-0.25, -0.2) is 4.79 Å². The zero-order valence-corrected chi connectivity index (χ0v) is 18.4. The average Bonchev–Trinajstić information content (AvgIpc) is 3.15. The first kappa shape index (κ1) is 20.8. The molecular formula is C25H28N2O5. The van der Waals surface area contributed by atoms with Crippen molar-refractivity contribution in [2.45, 2.75) is 58.3 Å². The monoisotopic (exact) mass is 436 g/mol. The van der Waals surface area contributed by atoms with Gasteiger partial charge in [0, 0.05) is 59.8 Å². The zero-order valence-electron chi connectivity index (χ0n) is 18.4. The van der Waals surface area contributed by atoms with Crippen molar-refractivity contribution in [3.8, 4) is 0 Å². The summed E-state index contributed by atoms with van der Waals surface area (Å²) in [5.74, 6) is 0.590. The van der Waals surface area contributed by atoms with Crippen LogP contribution in [0.15, 0.2) is 25.8 Å². The van der Waals surface area contributed by atoms with Crippen LogP contribution in [0.25, 0.3) is 21.9 Å². The Morgan fingerprint density at radius 2 is 1.78 bits per heavy atom. The number of hydrogen-bond acceptors (Lipinski definition) is 5. The number of aryl methyl sites for hydroxylation is 3. The second-order valence-corrected chi connectivity index (χ2v) is 9.11. The van der Waals surface area contributed by atoms with Gasteiger partial charge in [-0.05, 0) is 57.1 Å². The minimum absolute atomic E-state index is 0.00817. The molecule has 1 fully saturated rings. The van der Waals surface area contributed by atoms with E-state index in [2.05, 4.69) is 6.07 Å². The molecule has 0 atom stereocenters. The Morgan fingerprint density at radius 3 is 2.53 bits per heavy atom. The molecule has 0 spiro atoms. The molecule has 32 heavy (non-hydrogen) atoms. The Kier molecular flexibility index (Phi) is 5.27. The number of nitrogens with two attached hydrogens (primary N) is 1. The highest BCUT2D eigenvalue weighted by Gasteiger charge is 2.26. The molecule has 168 valence electrons. The van der Waals surface area contributed by atoms with Gasteiger partial charge in [-0.2, -0.15) is 0 Å². The summed E-state index contributed by atoms with van der Waals surface area (Å²) in [5, 5.41) is 2.00. The Balaban J connectivity index is 1.39. The molecule has 2 amide bonds. The van der Waals surface area contributed by atoms with E-state index < -0.39 is 5.63 Å². The molecule has 0 unspecified atom stereocenters. The van der Waals surface area contributed by atoms with Crippen molar-refractivity contribution in [3.05, 3.63) is 45.0 Å². The van der Waals surface area contributed by atoms with Crippen molar-refractivity contribution >= 4 is 33.8 Å². The molecule has 2 aliphatic rings. The summed E-state index contributed by atoms with van der Waals surface area (Å²) < 4.78 is 11.7. The number of carbonyl (C=O) groups is 2. The molecule has 1 aliphatic carbocycles. The van der Waals surface area contributed by atoms with Crippen molar-refractivity contribution in [3.63, 3.8) is 0 Å². The summed E-state index contributed by atoms with van der Waals surface area (Å²) in [5.41, 5.74) is 8.96. The fourth-order valence-electron chi connectivity index (χ4n) is 5.24. The predicted molar refractivity (Wildman–Crippen MR) is 120 cm³/mol. The first-order chi connectivity index (χ1) is 15.4. The fourth-order valence-corrected chi connectivity index (χ4v) is 5.24. The molecule has 0 radical (unpaired) electrons. The van der Waals surface area contributed by atoms with Crippen LogP contribution >= 0.6 is 0 Å². The van der Waals surface area contributed by atoms with Gasteiger partial charge in [0.1, 0.15) is 16.9 Å². The van der Waals surface area contributed by atoms with Crippen LogP contribution in [-0.2, 0) is 28.9 Å². The smallest absolute Gasteiger partial charge is 0.339 e. The number of hydrogen-bond donors (Lipinski definition) is 1.